The summed E-state index contributed by atoms with van der Waals surface area (Å²) >= 11 is 0. The maximum absolute atomic E-state index is 13.1. The number of hydrogen-bond acceptors (Lipinski definition) is 2. The molecule has 0 bridgehead atoms. The molecule has 1 unspecified atom stereocenters. The minimum absolute atomic E-state index is 0.174. The smallest absolute Gasteiger partial charge is 0.322 e. The Morgan fingerprint density at radius 1 is 1.24 bits per heavy atom. The van der Waals surface area contributed by atoms with Gasteiger partial charge in [-0.2, -0.15) is 18.3 Å². The Balaban J connectivity index is 2.31. The molecule has 2 rings (SSSR count). The number of halogens is 3. The van der Waals surface area contributed by atoms with E-state index in [0.717, 1.165) is 22.9 Å². The van der Waals surface area contributed by atoms with Crippen LogP contribution in [0.3, 0.4) is 0 Å². The predicted octanol–water partition coefficient (Wildman–Crippen LogP) is 4.84. The SMILES string of the molecule is CC(C)CC(C)c1ccccc1NC(=O)c1cn(C)nc1C(F)(F)F. The second-order valence-electron chi connectivity index (χ2n) is 6.63. The lowest BCUT2D eigenvalue weighted by molar-refractivity contribution is -0.141. The Bertz CT molecular complexity index is 750. The van der Waals surface area contributed by atoms with E-state index in [9.17, 15) is 18.0 Å². The number of rotatable bonds is 5. The Morgan fingerprint density at radius 3 is 2.48 bits per heavy atom. The van der Waals surface area contributed by atoms with E-state index in [2.05, 4.69) is 24.3 Å². The molecule has 2 aromatic rings. The molecule has 1 aromatic carbocycles. The number of alkyl halides is 3. The van der Waals surface area contributed by atoms with Crippen molar-refractivity contribution in [2.24, 2.45) is 13.0 Å². The molecule has 0 aliphatic heterocycles. The normalized spacial score (nSPS) is 13.1. The predicted molar refractivity (Wildman–Crippen MR) is 90.5 cm³/mol. The monoisotopic (exact) mass is 353 g/mol. The number of aromatic nitrogens is 2. The van der Waals surface area contributed by atoms with E-state index in [1.54, 1.807) is 12.1 Å². The third kappa shape index (κ3) is 4.61. The lowest BCUT2D eigenvalue weighted by Gasteiger charge is -2.18. The van der Waals surface area contributed by atoms with Crippen molar-refractivity contribution in [3.63, 3.8) is 0 Å². The molecule has 1 heterocycles. The molecular weight excluding hydrogens is 331 g/mol. The van der Waals surface area contributed by atoms with Gasteiger partial charge in [-0.1, -0.05) is 39.0 Å². The van der Waals surface area contributed by atoms with Crippen LogP contribution in [0.25, 0.3) is 0 Å². The van der Waals surface area contributed by atoms with Crippen LogP contribution in [0.2, 0.25) is 0 Å². The molecule has 0 aliphatic carbocycles. The van der Waals surface area contributed by atoms with Gasteiger partial charge in [-0.25, -0.2) is 0 Å². The number of nitrogens with one attached hydrogen (secondary N) is 1. The van der Waals surface area contributed by atoms with Gasteiger partial charge in [-0.3, -0.25) is 9.48 Å². The first-order valence-corrected chi connectivity index (χ1v) is 8.10. The van der Waals surface area contributed by atoms with Crippen LogP contribution in [0.1, 0.15) is 54.7 Å². The van der Waals surface area contributed by atoms with Crippen LogP contribution in [-0.2, 0) is 13.2 Å². The van der Waals surface area contributed by atoms with Gasteiger partial charge in [0.05, 0.1) is 5.56 Å². The van der Waals surface area contributed by atoms with E-state index in [0.29, 0.717) is 11.6 Å². The fourth-order valence-corrected chi connectivity index (χ4v) is 2.93. The summed E-state index contributed by atoms with van der Waals surface area (Å²) in [5, 5.41) is 5.99. The number of hydrogen-bond donors (Lipinski definition) is 1. The van der Waals surface area contributed by atoms with Crippen molar-refractivity contribution < 1.29 is 18.0 Å². The van der Waals surface area contributed by atoms with Crippen molar-refractivity contribution >= 4 is 11.6 Å². The molecule has 136 valence electrons. The van der Waals surface area contributed by atoms with Crippen molar-refractivity contribution in [2.45, 2.75) is 39.3 Å². The second kappa shape index (κ2) is 7.29. The van der Waals surface area contributed by atoms with Crippen LogP contribution in [0.15, 0.2) is 30.5 Å². The van der Waals surface area contributed by atoms with E-state index >= 15 is 0 Å². The highest BCUT2D eigenvalue weighted by Crippen LogP contribution is 2.32. The van der Waals surface area contributed by atoms with E-state index < -0.39 is 23.3 Å². The zero-order valence-corrected chi connectivity index (χ0v) is 14.7. The summed E-state index contributed by atoms with van der Waals surface area (Å²) in [6.07, 6.45) is -2.69. The van der Waals surface area contributed by atoms with Gasteiger partial charge in [0.1, 0.15) is 0 Å². The maximum atomic E-state index is 13.1. The fourth-order valence-electron chi connectivity index (χ4n) is 2.93. The van der Waals surface area contributed by atoms with Gasteiger partial charge < -0.3 is 5.32 Å². The minimum Gasteiger partial charge on any atom is -0.322 e. The molecule has 0 saturated heterocycles. The van der Waals surface area contributed by atoms with Crippen molar-refractivity contribution in [3.8, 4) is 0 Å². The quantitative estimate of drug-likeness (QED) is 0.836. The fraction of sp³-hybridized carbons (Fsp3) is 0.444. The van der Waals surface area contributed by atoms with Crippen LogP contribution in [0.5, 0.6) is 0 Å². The largest absolute Gasteiger partial charge is 0.435 e. The number of para-hydroxylation sites is 1. The van der Waals surface area contributed by atoms with Gasteiger partial charge in [0.25, 0.3) is 5.91 Å². The van der Waals surface area contributed by atoms with Crippen molar-refractivity contribution in [1.29, 1.82) is 0 Å². The van der Waals surface area contributed by atoms with Gasteiger partial charge in [-0.15, -0.1) is 0 Å². The highest BCUT2D eigenvalue weighted by molar-refractivity contribution is 6.05. The number of carbonyl (C=O) groups is 1. The van der Waals surface area contributed by atoms with Crippen LogP contribution in [0, 0.1) is 5.92 Å². The summed E-state index contributed by atoms with van der Waals surface area (Å²) in [6.45, 7) is 6.24. The minimum atomic E-state index is -4.68. The first-order valence-electron chi connectivity index (χ1n) is 8.10. The number of benzene rings is 1. The molecule has 0 fully saturated rings. The van der Waals surface area contributed by atoms with Crippen LogP contribution in [0.4, 0.5) is 18.9 Å². The summed E-state index contributed by atoms with van der Waals surface area (Å²) in [4.78, 5) is 12.4. The van der Waals surface area contributed by atoms with Crippen LogP contribution in [-0.4, -0.2) is 15.7 Å². The summed E-state index contributed by atoms with van der Waals surface area (Å²) < 4.78 is 40.2. The van der Waals surface area contributed by atoms with E-state index in [-0.39, 0.29) is 5.92 Å². The molecule has 1 aromatic heterocycles. The number of anilines is 1. The molecule has 1 N–H and O–H groups in total. The second-order valence-corrected chi connectivity index (χ2v) is 6.63. The van der Waals surface area contributed by atoms with E-state index in [4.69, 9.17) is 0 Å². The topological polar surface area (TPSA) is 46.9 Å². The summed E-state index contributed by atoms with van der Waals surface area (Å²) in [6, 6.07) is 7.19. The van der Waals surface area contributed by atoms with E-state index in [1.807, 2.05) is 19.1 Å². The number of aryl methyl sites for hydroxylation is 1. The third-order valence-corrected chi connectivity index (χ3v) is 3.91. The zero-order valence-electron chi connectivity index (χ0n) is 14.7. The molecule has 25 heavy (non-hydrogen) atoms. The van der Waals surface area contributed by atoms with E-state index in [1.165, 1.54) is 7.05 Å². The Morgan fingerprint density at radius 2 is 1.88 bits per heavy atom. The Kier molecular flexibility index (Phi) is 5.55. The summed E-state index contributed by atoms with van der Waals surface area (Å²) in [5.41, 5.74) is -0.235. The number of carbonyl (C=O) groups excluding carboxylic acids is 1. The Labute approximate surface area is 145 Å². The lowest BCUT2D eigenvalue weighted by atomic mass is 9.91. The average Bonchev–Trinajstić information content (AvgIpc) is 2.89. The lowest BCUT2D eigenvalue weighted by Crippen LogP contribution is -2.19. The first-order chi connectivity index (χ1) is 11.6. The molecule has 4 nitrogen and oxygen atoms in total. The molecular formula is C18H22F3N3O. The molecule has 0 saturated carbocycles. The van der Waals surface area contributed by atoms with Gasteiger partial charge in [0.2, 0.25) is 0 Å². The van der Waals surface area contributed by atoms with Gasteiger partial charge in [0.15, 0.2) is 5.69 Å². The highest BCUT2D eigenvalue weighted by Gasteiger charge is 2.39. The third-order valence-electron chi connectivity index (χ3n) is 3.91. The summed E-state index contributed by atoms with van der Waals surface area (Å²) in [5.74, 6) is -0.175. The standard InChI is InChI=1S/C18H22F3N3O/c1-11(2)9-12(3)13-7-5-6-8-15(13)22-17(25)14-10-24(4)23-16(14)18(19,20)21/h5-8,10-12H,9H2,1-4H3,(H,22,25). The first kappa shape index (κ1) is 19.0. The highest BCUT2D eigenvalue weighted by atomic mass is 19.4. The molecule has 1 atom stereocenters. The van der Waals surface area contributed by atoms with Gasteiger partial charge in [0, 0.05) is 18.9 Å². The van der Waals surface area contributed by atoms with Crippen LogP contribution < -0.4 is 5.32 Å². The number of amides is 1. The average molecular weight is 353 g/mol. The van der Waals surface area contributed by atoms with Crippen molar-refractivity contribution in [3.05, 3.63) is 47.3 Å². The van der Waals surface area contributed by atoms with Gasteiger partial charge in [-0.05, 0) is 29.9 Å². The molecule has 0 spiro atoms. The van der Waals surface area contributed by atoms with Gasteiger partial charge >= 0.3 is 6.18 Å². The molecule has 7 heteroatoms. The van der Waals surface area contributed by atoms with Crippen LogP contribution >= 0.6 is 0 Å². The maximum Gasteiger partial charge on any atom is 0.435 e. The van der Waals surface area contributed by atoms with Crippen molar-refractivity contribution in [1.82, 2.24) is 9.78 Å². The molecule has 0 radical (unpaired) electrons. The Hall–Kier alpha value is -2.31. The number of nitrogens with zero attached hydrogens (tertiary/aromatic N) is 2. The van der Waals surface area contributed by atoms with Crippen molar-refractivity contribution in [2.75, 3.05) is 5.32 Å². The molecule has 0 aliphatic rings. The summed E-state index contributed by atoms with van der Waals surface area (Å²) in [7, 11) is 1.35. The molecule has 1 amide bonds. The zero-order chi connectivity index (χ0) is 18.8.